The van der Waals surface area contributed by atoms with Crippen molar-refractivity contribution in [2.45, 2.75) is 32.2 Å². The van der Waals surface area contributed by atoms with Crippen molar-refractivity contribution in [3.63, 3.8) is 0 Å². The first-order valence-corrected chi connectivity index (χ1v) is 6.37. The number of aromatic nitrogens is 2. The Bertz CT molecular complexity index is 355. The van der Waals surface area contributed by atoms with Crippen molar-refractivity contribution in [2.75, 3.05) is 29.9 Å². The molecule has 3 N–H and O–H groups in total. The van der Waals surface area contributed by atoms with Crippen LogP contribution in [0.4, 0.5) is 11.6 Å². The largest absolute Gasteiger partial charge is 0.370 e. The summed E-state index contributed by atoms with van der Waals surface area (Å²) in [6, 6.07) is 2.44. The molecular formula is C12H21N5. The fourth-order valence-corrected chi connectivity index (χ4v) is 2.33. The third-order valence-corrected chi connectivity index (χ3v) is 3.20. The smallest absolute Gasteiger partial charge is 0.134 e. The Morgan fingerprint density at radius 3 is 3.12 bits per heavy atom. The molecular weight excluding hydrogens is 214 g/mol. The minimum absolute atomic E-state index is 0.424. The Morgan fingerprint density at radius 1 is 1.47 bits per heavy atom. The summed E-state index contributed by atoms with van der Waals surface area (Å²) in [7, 11) is 0. The monoisotopic (exact) mass is 235 g/mol. The second-order valence-electron chi connectivity index (χ2n) is 4.37. The van der Waals surface area contributed by atoms with Crippen molar-refractivity contribution in [2.24, 2.45) is 5.73 Å². The van der Waals surface area contributed by atoms with Gasteiger partial charge >= 0.3 is 0 Å². The fourth-order valence-electron chi connectivity index (χ4n) is 2.33. The molecule has 0 spiro atoms. The average Bonchev–Trinajstić information content (AvgIpc) is 2.39. The van der Waals surface area contributed by atoms with Crippen LogP contribution in [0, 0.1) is 0 Å². The van der Waals surface area contributed by atoms with Gasteiger partial charge in [0, 0.05) is 31.7 Å². The first-order valence-electron chi connectivity index (χ1n) is 6.37. The molecule has 5 nitrogen and oxygen atoms in total. The molecule has 0 saturated carbocycles. The lowest BCUT2D eigenvalue weighted by atomic mass is 10.0. The van der Waals surface area contributed by atoms with Gasteiger partial charge in [0.2, 0.25) is 0 Å². The van der Waals surface area contributed by atoms with E-state index in [-0.39, 0.29) is 0 Å². The van der Waals surface area contributed by atoms with E-state index >= 15 is 0 Å². The molecule has 0 bridgehead atoms. The summed E-state index contributed by atoms with van der Waals surface area (Å²) in [4.78, 5) is 10.9. The van der Waals surface area contributed by atoms with E-state index in [4.69, 9.17) is 5.73 Å². The predicted molar refractivity (Wildman–Crippen MR) is 70.2 cm³/mol. The number of hydrogen-bond donors (Lipinski definition) is 2. The van der Waals surface area contributed by atoms with Gasteiger partial charge in [0.1, 0.15) is 18.0 Å². The van der Waals surface area contributed by atoms with Gasteiger partial charge in [-0.2, -0.15) is 0 Å². The van der Waals surface area contributed by atoms with Crippen LogP contribution in [-0.4, -0.2) is 35.6 Å². The highest BCUT2D eigenvalue weighted by molar-refractivity contribution is 5.49. The van der Waals surface area contributed by atoms with Crippen LogP contribution in [0.1, 0.15) is 26.2 Å². The standard InChI is InChI=1S/C12H21N5/c1-2-14-11-7-12(16-9-15-11)17-6-4-3-5-10(17)8-13/h7,9-10H,2-6,8,13H2,1H3,(H,14,15,16)/t10-/m1/s1. The second kappa shape index (κ2) is 5.82. The number of nitrogens with one attached hydrogen (secondary N) is 1. The zero-order valence-corrected chi connectivity index (χ0v) is 10.4. The minimum Gasteiger partial charge on any atom is -0.370 e. The number of hydrogen-bond acceptors (Lipinski definition) is 5. The predicted octanol–water partition coefficient (Wildman–Crippen LogP) is 1.23. The molecule has 1 fully saturated rings. The van der Waals surface area contributed by atoms with Crippen molar-refractivity contribution < 1.29 is 0 Å². The summed E-state index contributed by atoms with van der Waals surface area (Å²) < 4.78 is 0. The Labute approximate surface area is 102 Å². The van der Waals surface area contributed by atoms with Crippen LogP contribution >= 0.6 is 0 Å². The fraction of sp³-hybridized carbons (Fsp3) is 0.667. The van der Waals surface area contributed by atoms with Crippen LogP contribution in [0.5, 0.6) is 0 Å². The van der Waals surface area contributed by atoms with Crippen molar-refractivity contribution >= 4 is 11.6 Å². The highest BCUT2D eigenvalue weighted by atomic mass is 15.2. The molecule has 1 aromatic heterocycles. The molecule has 0 radical (unpaired) electrons. The molecule has 0 unspecified atom stereocenters. The van der Waals surface area contributed by atoms with Gasteiger partial charge in [-0.15, -0.1) is 0 Å². The molecule has 17 heavy (non-hydrogen) atoms. The van der Waals surface area contributed by atoms with E-state index in [0.29, 0.717) is 12.6 Å². The van der Waals surface area contributed by atoms with Gasteiger partial charge in [0.25, 0.3) is 0 Å². The Morgan fingerprint density at radius 2 is 2.35 bits per heavy atom. The van der Waals surface area contributed by atoms with E-state index in [1.54, 1.807) is 6.33 Å². The lowest BCUT2D eigenvalue weighted by molar-refractivity contribution is 0.462. The maximum atomic E-state index is 5.83. The molecule has 1 aromatic rings. The number of piperidine rings is 1. The SMILES string of the molecule is CCNc1cc(N2CCCC[C@@H]2CN)ncn1. The van der Waals surface area contributed by atoms with E-state index in [0.717, 1.165) is 31.1 Å². The molecule has 94 valence electrons. The second-order valence-corrected chi connectivity index (χ2v) is 4.37. The highest BCUT2D eigenvalue weighted by Crippen LogP contribution is 2.23. The lowest BCUT2D eigenvalue weighted by Crippen LogP contribution is -2.44. The van der Waals surface area contributed by atoms with Crippen LogP contribution in [0.25, 0.3) is 0 Å². The van der Waals surface area contributed by atoms with Gasteiger partial charge in [0.15, 0.2) is 0 Å². The van der Waals surface area contributed by atoms with Crippen LogP contribution in [0.3, 0.4) is 0 Å². The summed E-state index contributed by atoms with van der Waals surface area (Å²) >= 11 is 0. The summed E-state index contributed by atoms with van der Waals surface area (Å²) in [5.41, 5.74) is 5.83. The van der Waals surface area contributed by atoms with Crippen molar-refractivity contribution in [1.82, 2.24) is 9.97 Å². The Balaban J connectivity index is 2.16. The van der Waals surface area contributed by atoms with Gasteiger partial charge < -0.3 is 16.0 Å². The molecule has 2 heterocycles. The van der Waals surface area contributed by atoms with Crippen LogP contribution in [-0.2, 0) is 0 Å². The van der Waals surface area contributed by atoms with Gasteiger partial charge in [-0.05, 0) is 26.2 Å². The van der Waals surface area contributed by atoms with Crippen molar-refractivity contribution in [3.8, 4) is 0 Å². The van der Waals surface area contributed by atoms with E-state index in [9.17, 15) is 0 Å². The first-order chi connectivity index (χ1) is 8.35. The quantitative estimate of drug-likeness (QED) is 0.821. The number of anilines is 2. The summed E-state index contributed by atoms with van der Waals surface area (Å²) in [5.74, 6) is 1.88. The molecule has 2 rings (SSSR count). The van der Waals surface area contributed by atoms with Crippen LogP contribution in [0.2, 0.25) is 0 Å². The van der Waals surface area contributed by atoms with E-state index in [1.807, 2.05) is 6.07 Å². The minimum atomic E-state index is 0.424. The molecule has 5 heteroatoms. The zero-order valence-electron chi connectivity index (χ0n) is 10.4. The van der Waals surface area contributed by atoms with Crippen LogP contribution < -0.4 is 16.0 Å². The first kappa shape index (κ1) is 12.1. The summed E-state index contributed by atoms with van der Waals surface area (Å²) in [6.07, 6.45) is 5.27. The molecule has 0 aromatic carbocycles. The van der Waals surface area contributed by atoms with Gasteiger partial charge in [0.05, 0.1) is 0 Å². The van der Waals surface area contributed by atoms with Crippen LogP contribution in [0.15, 0.2) is 12.4 Å². The molecule has 1 aliphatic rings. The maximum absolute atomic E-state index is 5.83. The number of nitrogens with two attached hydrogens (primary N) is 1. The Hall–Kier alpha value is -1.36. The number of rotatable bonds is 4. The van der Waals surface area contributed by atoms with E-state index in [2.05, 4.69) is 27.1 Å². The molecule has 0 aliphatic carbocycles. The molecule has 1 saturated heterocycles. The van der Waals surface area contributed by atoms with Crippen molar-refractivity contribution in [3.05, 3.63) is 12.4 Å². The van der Waals surface area contributed by atoms with Gasteiger partial charge in [-0.1, -0.05) is 0 Å². The van der Waals surface area contributed by atoms with E-state index in [1.165, 1.54) is 12.8 Å². The topological polar surface area (TPSA) is 67.1 Å². The summed E-state index contributed by atoms with van der Waals surface area (Å²) in [5, 5.41) is 3.21. The van der Waals surface area contributed by atoms with E-state index < -0.39 is 0 Å². The average molecular weight is 235 g/mol. The number of nitrogens with zero attached hydrogens (tertiary/aromatic N) is 3. The molecule has 1 atom stereocenters. The zero-order chi connectivity index (χ0) is 12.1. The highest BCUT2D eigenvalue weighted by Gasteiger charge is 2.22. The lowest BCUT2D eigenvalue weighted by Gasteiger charge is -2.36. The third-order valence-electron chi connectivity index (χ3n) is 3.20. The van der Waals surface area contributed by atoms with Crippen molar-refractivity contribution in [1.29, 1.82) is 0 Å². The van der Waals surface area contributed by atoms with Gasteiger partial charge in [-0.3, -0.25) is 0 Å². The molecule has 1 aliphatic heterocycles. The molecule has 0 amide bonds. The Kier molecular flexibility index (Phi) is 4.14. The summed E-state index contributed by atoms with van der Waals surface area (Å²) in [6.45, 7) is 4.67. The van der Waals surface area contributed by atoms with Gasteiger partial charge in [-0.25, -0.2) is 9.97 Å². The third kappa shape index (κ3) is 2.85. The maximum Gasteiger partial charge on any atom is 0.134 e. The normalized spacial score (nSPS) is 20.4.